The molecular formula is C47H66N12O16. The number of phenols is 1. The number of aromatic hydroxyl groups is 1. The van der Waals surface area contributed by atoms with Gasteiger partial charge in [0, 0.05) is 29.9 Å². The molecule has 1 aromatic heterocycles. The maximum absolute atomic E-state index is 13.9. The minimum absolute atomic E-state index is 0.0835. The summed E-state index contributed by atoms with van der Waals surface area (Å²) in [7, 11) is 0. The molecule has 10 amide bonds. The monoisotopic (exact) mass is 1050 g/mol. The summed E-state index contributed by atoms with van der Waals surface area (Å²) in [6.07, 6.45) is -0.898. The highest BCUT2D eigenvalue weighted by Crippen LogP contribution is 2.20. The van der Waals surface area contributed by atoms with Crippen LogP contribution in [0.25, 0.3) is 10.9 Å². The molecule has 0 aliphatic carbocycles. The summed E-state index contributed by atoms with van der Waals surface area (Å²) in [6.45, 7) is 2.14. The molecule has 0 unspecified atom stereocenters. The Bertz CT molecular complexity index is 2520. The third kappa shape index (κ3) is 19.3. The summed E-state index contributed by atoms with van der Waals surface area (Å²) in [4.78, 5) is 146. The van der Waals surface area contributed by atoms with E-state index in [1.807, 2.05) is 0 Å². The molecule has 0 aliphatic rings. The minimum atomic E-state index is -1.78. The number of aromatic nitrogens is 1. The Labute approximate surface area is 429 Å². The van der Waals surface area contributed by atoms with E-state index in [-0.39, 0.29) is 18.6 Å². The predicted molar refractivity (Wildman–Crippen MR) is 264 cm³/mol. The lowest BCUT2D eigenvalue weighted by Gasteiger charge is -2.28. The van der Waals surface area contributed by atoms with E-state index in [2.05, 4.69) is 52.8 Å². The largest absolute Gasteiger partial charge is 0.508 e. The molecule has 28 nitrogen and oxygen atoms in total. The Morgan fingerprint density at radius 1 is 0.600 bits per heavy atom. The third-order valence-corrected chi connectivity index (χ3v) is 11.5. The molecule has 0 radical (unpaired) electrons. The van der Waals surface area contributed by atoms with Crippen molar-refractivity contribution < 1.29 is 78.3 Å². The van der Waals surface area contributed by atoms with E-state index in [1.54, 1.807) is 44.3 Å². The second-order valence-electron chi connectivity index (χ2n) is 17.6. The van der Waals surface area contributed by atoms with Crippen molar-refractivity contribution in [3.63, 3.8) is 0 Å². The average molecular weight is 1060 g/mol. The molecule has 10 atom stereocenters. The first-order chi connectivity index (χ1) is 35.4. The summed E-state index contributed by atoms with van der Waals surface area (Å²) in [5.41, 5.74) is 12.7. The van der Waals surface area contributed by atoms with Gasteiger partial charge in [0.1, 0.15) is 48.0 Å². The molecule has 0 bridgehead atoms. The molecule has 3 rings (SSSR count). The van der Waals surface area contributed by atoms with Gasteiger partial charge in [-0.05, 0) is 49.1 Å². The van der Waals surface area contributed by atoms with Gasteiger partial charge in [-0.2, -0.15) is 0 Å². The van der Waals surface area contributed by atoms with Crippen molar-refractivity contribution >= 4 is 75.9 Å². The van der Waals surface area contributed by atoms with Gasteiger partial charge < -0.3 is 89.8 Å². The quantitative estimate of drug-likeness (QED) is 0.0296. The summed E-state index contributed by atoms with van der Waals surface area (Å²) in [6, 6.07) is 0.104. The number of aliphatic carboxylic acids is 1. The van der Waals surface area contributed by atoms with Crippen molar-refractivity contribution in [2.24, 2.45) is 17.4 Å². The van der Waals surface area contributed by atoms with Crippen LogP contribution in [0.4, 0.5) is 0 Å². The van der Waals surface area contributed by atoms with Crippen molar-refractivity contribution in [3.8, 4) is 5.75 Å². The molecule has 3 aromatic rings. The number of para-hydroxylation sites is 1. The van der Waals surface area contributed by atoms with E-state index in [9.17, 15) is 78.3 Å². The molecular weight excluding hydrogens is 989 g/mol. The number of primary amides is 1. The Morgan fingerprint density at radius 3 is 1.72 bits per heavy atom. The number of phenolic OH excluding ortho intramolecular Hbond substituents is 1. The van der Waals surface area contributed by atoms with Gasteiger partial charge in [-0.25, -0.2) is 4.79 Å². The van der Waals surface area contributed by atoms with E-state index in [0.29, 0.717) is 28.5 Å². The molecule has 0 saturated carbocycles. The first-order valence-electron chi connectivity index (χ1n) is 23.5. The fourth-order valence-electron chi connectivity index (χ4n) is 7.09. The van der Waals surface area contributed by atoms with Crippen LogP contribution in [0.1, 0.15) is 51.7 Å². The Hall–Kier alpha value is -8.21. The summed E-state index contributed by atoms with van der Waals surface area (Å²) >= 11 is 0. The third-order valence-electron chi connectivity index (χ3n) is 11.5. The molecule has 0 aliphatic heterocycles. The number of carboxylic acid groups (broad SMARTS) is 1. The van der Waals surface area contributed by atoms with Crippen molar-refractivity contribution in [1.29, 1.82) is 0 Å². The zero-order valence-corrected chi connectivity index (χ0v) is 41.5. The number of rotatable bonds is 30. The van der Waals surface area contributed by atoms with Gasteiger partial charge in [-0.3, -0.25) is 47.9 Å². The predicted octanol–water partition coefficient (Wildman–Crippen LogP) is -6.00. The number of aliphatic hydroxyl groups is 3. The van der Waals surface area contributed by atoms with Crippen LogP contribution >= 0.6 is 0 Å². The summed E-state index contributed by atoms with van der Waals surface area (Å²) in [5, 5.41) is 70.6. The lowest BCUT2D eigenvalue weighted by atomic mass is 9.97. The van der Waals surface area contributed by atoms with Crippen molar-refractivity contribution in [3.05, 3.63) is 65.9 Å². The van der Waals surface area contributed by atoms with Crippen molar-refractivity contribution in [1.82, 2.24) is 52.8 Å². The van der Waals surface area contributed by atoms with E-state index >= 15 is 0 Å². The Morgan fingerprint density at radius 2 is 1.13 bits per heavy atom. The number of aromatic amines is 1. The van der Waals surface area contributed by atoms with Crippen LogP contribution in [0.5, 0.6) is 5.75 Å². The molecule has 28 heteroatoms. The standard InChI is InChI=1S/C47H66N12O16/c1-5-22(2)38(58-40(67)23(3)48)45(72)55-31(16-35(49)64)43(70)54-30(15-26-17-50-29-9-7-6-8-28(26)29)42(69)57-33(20-60)41(68)52-18-36(65)51-19-37(66)53-34(21-61)44(71)59-39(24(4)62)46(73)56-32(47(74)75)14-25-10-12-27(63)13-11-25/h6-13,17,22-24,30-34,38-39,50,60-63H,5,14-16,18-21,48H2,1-4H3,(H2,49,64)(H,51,65)(H,52,68)(H,53,66)(H,54,70)(H,55,72)(H,56,73)(H,57,69)(H,58,67)(H,59,71)(H,74,75)/t22-,23-,24+,30-,31-,32-,33-,34-,38-,39-/m0/s1. The number of carbonyl (C=O) groups excluding carboxylic acids is 10. The normalized spacial score (nSPS) is 15.0. The molecule has 410 valence electrons. The number of aliphatic hydroxyl groups excluding tert-OH is 3. The molecule has 0 saturated heterocycles. The van der Waals surface area contributed by atoms with Gasteiger partial charge in [0.15, 0.2) is 0 Å². The van der Waals surface area contributed by atoms with Gasteiger partial charge in [0.25, 0.3) is 0 Å². The minimum Gasteiger partial charge on any atom is -0.508 e. The molecule has 1 heterocycles. The lowest BCUT2D eigenvalue weighted by Crippen LogP contribution is -2.61. The van der Waals surface area contributed by atoms with Crippen LogP contribution in [-0.4, -0.2) is 176 Å². The zero-order chi connectivity index (χ0) is 56.1. The number of carbonyl (C=O) groups is 11. The van der Waals surface area contributed by atoms with Crippen molar-refractivity contribution in [2.75, 3.05) is 26.3 Å². The number of hydrogen-bond donors (Lipinski definition) is 17. The highest BCUT2D eigenvalue weighted by Gasteiger charge is 2.35. The van der Waals surface area contributed by atoms with Gasteiger partial charge in [-0.15, -0.1) is 0 Å². The number of benzene rings is 2. The average Bonchev–Trinajstić information content (AvgIpc) is 3.77. The SMILES string of the molecule is CC[C@H](C)[C@H](NC(=O)[C@H](C)N)C(=O)N[C@@H](CC(N)=O)C(=O)N[C@@H](Cc1c[nH]c2ccccc12)C(=O)N[C@@H](CO)C(=O)NCC(=O)NCC(=O)N[C@@H](CO)C(=O)N[C@H](C(=O)N[C@@H](Cc1ccc(O)cc1)C(=O)O)[C@@H](C)O. The summed E-state index contributed by atoms with van der Waals surface area (Å²) in [5.74, 6) is -12.2. The van der Waals surface area contributed by atoms with Crippen LogP contribution in [0.15, 0.2) is 54.7 Å². The van der Waals surface area contributed by atoms with E-state index in [0.717, 1.165) is 6.92 Å². The number of amides is 10. The van der Waals surface area contributed by atoms with E-state index in [1.165, 1.54) is 31.2 Å². The number of carboxylic acids is 1. The molecule has 0 spiro atoms. The van der Waals surface area contributed by atoms with Crippen LogP contribution in [0.3, 0.4) is 0 Å². The maximum atomic E-state index is 13.9. The van der Waals surface area contributed by atoms with Gasteiger partial charge in [-0.1, -0.05) is 50.6 Å². The van der Waals surface area contributed by atoms with Crippen LogP contribution in [0.2, 0.25) is 0 Å². The number of nitrogens with one attached hydrogen (secondary N) is 10. The molecule has 0 fully saturated rings. The van der Waals surface area contributed by atoms with Gasteiger partial charge in [0.05, 0.1) is 44.9 Å². The second-order valence-corrected chi connectivity index (χ2v) is 17.6. The highest BCUT2D eigenvalue weighted by atomic mass is 16.4. The molecule has 75 heavy (non-hydrogen) atoms. The lowest BCUT2D eigenvalue weighted by molar-refractivity contribution is -0.143. The van der Waals surface area contributed by atoms with Crippen LogP contribution in [0, 0.1) is 5.92 Å². The molecule has 2 aromatic carbocycles. The van der Waals surface area contributed by atoms with Crippen molar-refractivity contribution in [2.45, 2.75) is 108 Å². The number of nitrogens with two attached hydrogens (primary N) is 2. The van der Waals surface area contributed by atoms with Gasteiger partial charge >= 0.3 is 5.97 Å². The van der Waals surface area contributed by atoms with Crippen LogP contribution in [-0.2, 0) is 65.6 Å². The fraction of sp³-hybridized carbons (Fsp3) is 0.468. The smallest absolute Gasteiger partial charge is 0.326 e. The van der Waals surface area contributed by atoms with E-state index in [4.69, 9.17) is 11.5 Å². The van der Waals surface area contributed by atoms with Gasteiger partial charge in [0.2, 0.25) is 59.1 Å². The number of fused-ring (bicyclic) bond motifs is 1. The second kappa shape index (κ2) is 29.5. The summed E-state index contributed by atoms with van der Waals surface area (Å²) < 4.78 is 0. The van der Waals surface area contributed by atoms with Crippen LogP contribution < -0.4 is 59.3 Å². The maximum Gasteiger partial charge on any atom is 0.326 e. The number of hydrogen-bond acceptors (Lipinski definition) is 16. The first-order valence-corrected chi connectivity index (χ1v) is 23.5. The topological polar surface area (TPSA) is 465 Å². The van der Waals surface area contributed by atoms with E-state index < -0.39 is 158 Å². The fourth-order valence-corrected chi connectivity index (χ4v) is 7.09. The number of H-pyrrole nitrogens is 1. The highest BCUT2D eigenvalue weighted by molar-refractivity contribution is 5.99. The molecule has 19 N–H and O–H groups in total. The Balaban J connectivity index is 1.65. The first kappa shape index (κ1) is 61.1. The zero-order valence-electron chi connectivity index (χ0n) is 41.5. The Kier molecular flexibility index (Phi) is 24.0.